The summed E-state index contributed by atoms with van der Waals surface area (Å²) >= 11 is 0. The highest BCUT2D eigenvalue weighted by Gasteiger charge is 2.15. The van der Waals surface area contributed by atoms with Crippen molar-refractivity contribution in [2.75, 3.05) is 6.54 Å². The molecule has 3 rings (SSSR count). The highest BCUT2D eigenvalue weighted by Crippen LogP contribution is 2.13. The van der Waals surface area contributed by atoms with Crippen LogP contribution in [0.2, 0.25) is 0 Å². The van der Waals surface area contributed by atoms with Crippen molar-refractivity contribution in [2.24, 2.45) is 0 Å². The molecule has 1 heterocycles. The number of halogens is 1. The van der Waals surface area contributed by atoms with Gasteiger partial charge in [0.25, 0.3) is 0 Å². The second-order valence-corrected chi connectivity index (χ2v) is 6.48. The monoisotopic (exact) mass is 362 g/mol. The Balaban J connectivity index is 1.71. The molecule has 0 spiro atoms. The van der Waals surface area contributed by atoms with Gasteiger partial charge in [-0.15, -0.1) is 6.58 Å². The van der Waals surface area contributed by atoms with Crippen LogP contribution in [-0.4, -0.2) is 21.9 Å². The molecule has 0 unspecified atom stereocenters. The van der Waals surface area contributed by atoms with Crippen LogP contribution in [0.1, 0.15) is 16.8 Å². The molecule has 1 aromatic heterocycles. The maximum atomic E-state index is 13.1. The van der Waals surface area contributed by atoms with E-state index in [2.05, 4.69) is 11.1 Å². The van der Waals surface area contributed by atoms with E-state index < -0.39 is 0 Å². The molecule has 0 atom stereocenters. The van der Waals surface area contributed by atoms with Crippen molar-refractivity contribution in [2.45, 2.75) is 19.5 Å². The van der Waals surface area contributed by atoms with Crippen molar-refractivity contribution >= 4 is 5.91 Å². The van der Waals surface area contributed by atoms with Crippen LogP contribution in [0.3, 0.4) is 0 Å². The first-order chi connectivity index (χ1) is 13.2. The number of rotatable bonds is 8. The van der Waals surface area contributed by atoms with Crippen LogP contribution in [0.4, 0.5) is 4.39 Å². The third-order valence-corrected chi connectivity index (χ3v) is 4.44. The summed E-state index contributed by atoms with van der Waals surface area (Å²) in [4.78, 5) is 14.6. The summed E-state index contributed by atoms with van der Waals surface area (Å²) in [6.07, 6.45) is 4.09. The molecule has 0 aliphatic rings. The van der Waals surface area contributed by atoms with Crippen LogP contribution >= 0.6 is 0 Å². The second kappa shape index (κ2) is 8.99. The van der Waals surface area contributed by atoms with E-state index in [0.29, 0.717) is 26.1 Å². The molecular formula is C23H23FN2O. The highest BCUT2D eigenvalue weighted by molar-refractivity contribution is 5.78. The lowest BCUT2D eigenvalue weighted by molar-refractivity contribution is -0.130. The smallest absolute Gasteiger partial charge is 0.227 e. The molecule has 138 valence electrons. The zero-order chi connectivity index (χ0) is 19.1. The van der Waals surface area contributed by atoms with Crippen molar-refractivity contribution in [1.29, 1.82) is 0 Å². The number of carbonyl (C=O) groups excluding carboxylic acids is 1. The van der Waals surface area contributed by atoms with Gasteiger partial charge < -0.3 is 9.47 Å². The maximum absolute atomic E-state index is 13.1. The van der Waals surface area contributed by atoms with Crippen molar-refractivity contribution in [3.05, 3.63) is 108 Å². The van der Waals surface area contributed by atoms with E-state index in [1.165, 1.54) is 12.1 Å². The molecule has 0 radical (unpaired) electrons. The van der Waals surface area contributed by atoms with Gasteiger partial charge in [-0.1, -0.05) is 48.5 Å². The number of hydrogen-bond acceptors (Lipinski definition) is 1. The third kappa shape index (κ3) is 5.17. The first-order valence-corrected chi connectivity index (χ1v) is 8.97. The van der Waals surface area contributed by atoms with Crippen molar-refractivity contribution in [3.8, 4) is 0 Å². The van der Waals surface area contributed by atoms with Gasteiger partial charge in [-0.3, -0.25) is 4.79 Å². The minimum absolute atomic E-state index is 0.0654. The summed E-state index contributed by atoms with van der Waals surface area (Å²) in [5.41, 5.74) is 3.04. The fourth-order valence-corrected chi connectivity index (χ4v) is 3.02. The molecule has 4 heteroatoms. The van der Waals surface area contributed by atoms with Gasteiger partial charge in [0.05, 0.1) is 13.0 Å². The van der Waals surface area contributed by atoms with E-state index in [4.69, 9.17) is 0 Å². The molecule has 0 bridgehead atoms. The molecule has 2 aromatic carbocycles. The maximum Gasteiger partial charge on any atom is 0.227 e. The number of carbonyl (C=O) groups is 1. The van der Waals surface area contributed by atoms with Crippen molar-refractivity contribution < 1.29 is 9.18 Å². The Labute approximate surface area is 159 Å². The average Bonchev–Trinajstić information content (AvgIpc) is 3.11. The van der Waals surface area contributed by atoms with E-state index in [1.54, 1.807) is 23.1 Å². The first kappa shape index (κ1) is 18.6. The zero-order valence-corrected chi connectivity index (χ0v) is 15.2. The predicted octanol–water partition coefficient (Wildman–Crippen LogP) is 4.43. The largest absolute Gasteiger partial charge is 0.345 e. The fraction of sp³-hybridized carbons (Fsp3) is 0.174. The van der Waals surface area contributed by atoms with E-state index in [-0.39, 0.29) is 11.7 Å². The molecule has 0 N–H and O–H groups in total. The molecule has 1 amide bonds. The minimum atomic E-state index is -0.241. The Morgan fingerprint density at radius 3 is 2.44 bits per heavy atom. The van der Waals surface area contributed by atoms with Gasteiger partial charge in [0.15, 0.2) is 0 Å². The van der Waals surface area contributed by atoms with Gasteiger partial charge >= 0.3 is 0 Å². The summed E-state index contributed by atoms with van der Waals surface area (Å²) < 4.78 is 15.2. The normalized spacial score (nSPS) is 10.6. The van der Waals surface area contributed by atoms with Crippen LogP contribution < -0.4 is 0 Å². The Hall–Kier alpha value is -3.14. The van der Waals surface area contributed by atoms with Gasteiger partial charge in [0.2, 0.25) is 5.91 Å². The molecular weight excluding hydrogens is 339 g/mol. The Morgan fingerprint density at radius 1 is 1.00 bits per heavy atom. The van der Waals surface area contributed by atoms with Crippen molar-refractivity contribution in [3.63, 3.8) is 0 Å². The SMILES string of the molecule is C=CCN(Cc1cccn1Cc1ccc(F)cc1)C(=O)Cc1ccccc1. The molecule has 0 aliphatic heterocycles. The van der Waals surface area contributed by atoms with E-state index >= 15 is 0 Å². The molecule has 0 saturated heterocycles. The molecule has 3 aromatic rings. The lowest BCUT2D eigenvalue weighted by atomic mass is 10.1. The second-order valence-electron chi connectivity index (χ2n) is 6.48. The number of aromatic nitrogens is 1. The van der Waals surface area contributed by atoms with Crippen molar-refractivity contribution in [1.82, 2.24) is 9.47 Å². The molecule has 3 nitrogen and oxygen atoms in total. The number of nitrogens with zero attached hydrogens (tertiary/aromatic N) is 2. The van der Waals surface area contributed by atoms with Gasteiger partial charge in [-0.05, 0) is 35.4 Å². The van der Waals surface area contributed by atoms with Gasteiger partial charge in [-0.25, -0.2) is 4.39 Å². The number of benzene rings is 2. The van der Waals surface area contributed by atoms with Crippen LogP contribution in [0.5, 0.6) is 0 Å². The van der Waals surface area contributed by atoms with E-state index in [9.17, 15) is 9.18 Å². The molecule has 0 aliphatic carbocycles. The van der Waals surface area contributed by atoms with Crippen LogP contribution in [-0.2, 0) is 24.3 Å². The lowest BCUT2D eigenvalue weighted by Crippen LogP contribution is -2.32. The highest BCUT2D eigenvalue weighted by atomic mass is 19.1. The minimum Gasteiger partial charge on any atom is -0.345 e. The Kier molecular flexibility index (Phi) is 6.21. The Morgan fingerprint density at radius 2 is 1.74 bits per heavy atom. The number of hydrogen-bond donors (Lipinski definition) is 0. The van der Waals surface area contributed by atoms with E-state index in [0.717, 1.165) is 16.8 Å². The average molecular weight is 362 g/mol. The summed E-state index contributed by atoms with van der Waals surface area (Å²) in [7, 11) is 0. The summed E-state index contributed by atoms with van der Waals surface area (Å²) in [5.74, 6) is -0.175. The standard InChI is InChI=1S/C23H23FN2O/c1-2-14-26(23(27)16-19-7-4-3-5-8-19)18-22-9-6-15-25(22)17-20-10-12-21(24)13-11-20/h2-13,15H,1,14,16-18H2. The first-order valence-electron chi connectivity index (χ1n) is 8.97. The van der Waals surface area contributed by atoms with Crippen LogP contribution in [0, 0.1) is 5.82 Å². The third-order valence-electron chi connectivity index (χ3n) is 4.44. The summed E-state index contributed by atoms with van der Waals surface area (Å²) in [6, 6.07) is 20.2. The topological polar surface area (TPSA) is 25.2 Å². The van der Waals surface area contributed by atoms with E-state index in [1.807, 2.05) is 48.7 Å². The van der Waals surface area contributed by atoms with Gasteiger partial charge in [-0.2, -0.15) is 0 Å². The van der Waals surface area contributed by atoms with Gasteiger partial charge in [0, 0.05) is 25.0 Å². The molecule has 0 fully saturated rings. The number of amides is 1. The zero-order valence-electron chi connectivity index (χ0n) is 15.2. The molecule has 0 saturated carbocycles. The predicted molar refractivity (Wildman–Crippen MR) is 106 cm³/mol. The summed E-state index contributed by atoms with van der Waals surface area (Å²) in [5, 5.41) is 0. The Bertz CT molecular complexity index is 884. The fourth-order valence-electron chi connectivity index (χ4n) is 3.02. The quantitative estimate of drug-likeness (QED) is 0.544. The van der Waals surface area contributed by atoms with Gasteiger partial charge in [0.1, 0.15) is 5.82 Å². The van der Waals surface area contributed by atoms with Crippen LogP contribution in [0.25, 0.3) is 0 Å². The lowest BCUT2D eigenvalue weighted by Gasteiger charge is -2.22. The summed E-state index contributed by atoms with van der Waals surface area (Å²) in [6.45, 7) is 5.42. The van der Waals surface area contributed by atoms with Crippen LogP contribution in [0.15, 0.2) is 85.6 Å². The molecule has 27 heavy (non-hydrogen) atoms.